The van der Waals surface area contributed by atoms with Crippen molar-refractivity contribution in [2.75, 3.05) is 0 Å². The van der Waals surface area contributed by atoms with Crippen LogP contribution in [0.3, 0.4) is 0 Å². The molecule has 0 aliphatic rings. The number of aryl methyl sites for hydroxylation is 4. The Labute approximate surface area is 388 Å². The molecule has 0 aliphatic heterocycles. The third kappa shape index (κ3) is 7.05. The Balaban J connectivity index is 1.92. The average molecular weight is 925 g/mol. The lowest BCUT2D eigenvalue weighted by Gasteiger charge is -2.29. The Kier molecular flexibility index (Phi) is 10.7. The summed E-state index contributed by atoms with van der Waals surface area (Å²) in [6.07, 6.45) is 0. The SMILES string of the molecule is Cc1cc(C(C)(C)C)c2c(c1)sc1cc(C)cc(C(C)(C)C)c1c1c2c2c3ccc(P(O)O)c(P(O)O)c3c2c2c3c(C(C)(C)C)cc(C)cc3sc3cc(C)cc(C(C)(C)C)c3c12. The van der Waals surface area contributed by atoms with Gasteiger partial charge in [-0.3, -0.25) is 0 Å². The number of hydrogen-bond acceptors (Lipinski definition) is 6. The minimum absolute atomic E-state index is 0.187. The first-order valence-corrected chi connectivity index (χ1v) is 26.5. The largest absolute Gasteiger partial charge is 0.347 e. The molecule has 64 heavy (non-hydrogen) atoms. The summed E-state index contributed by atoms with van der Waals surface area (Å²) < 4.78 is 4.81. The summed E-state index contributed by atoms with van der Waals surface area (Å²) in [4.78, 5) is 45.1. The average Bonchev–Trinajstić information content (AvgIpc) is 3.35. The maximum absolute atomic E-state index is 11.5. The van der Waals surface area contributed by atoms with Crippen LogP contribution in [0.2, 0.25) is 0 Å². The molecule has 9 aromatic rings. The maximum Gasteiger partial charge on any atom is 0.201 e. The molecular weight excluding hydrogens is 863 g/mol. The van der Waals surface area contributed by atoms with Gasteiger partial charge in [0.15, 0.2) is 8.38 Å². The van der Waals surface area contributed by atoms with Gasteiger partial charge in [-0.05, 0) is 135 Å². The van der Waals surface area contributed by atoms with Gasteiger partial charge in [-0.2, -0.15) is 0 Å². The summed E-state index contributed by atoms with van der Waals surface area (Å²) in [6, 6.07) is 22.8. The van der Waals surface area contributed by atoms with E-state index in [9.17, 15) is 19.6 Å². The topological polar surface area (TPSA) is 80.9 Å². The van der Waals surface area contributed by atoms with E-state index in [0.717, 1.165) is 32.3 Å². The van der Waals surface area contributed by atoms with Gasteiger partial charge in [0.05, 0.1) is 5.30 Å². The van der Waals surface area contributed by atoms with Crippen LogP contribution in [-0.4, -0.2) is 19.6 Å². The molecule has 0 radical (unpaired) electrons. The quantitative estimate of drug-likeness (QED) is 0.130. The Morgan fingerprint density at radius 1 is 0.344 bits per heavy atom. The Bertz CT molecular complexity index is 3520. The van der Waals surface area contributed by atoms with E-state index in [-0.39, 0.29) is 32.3 Å². The van der Waals surface area contributed by atoms with Crippen molar-refractivity contribution in [2.45, 2.75) is 132 Å². The molecule has 0 aliphatic carbocycles. The van der Waals surface area contributed by atoms with Crippen molar-refractivity contribution in [3.8, 4) is 0 Å². The van der Waals surface area contributed by atoms with E-state index in [2.05, 4.69) is 159 Å². The highest BCUT2D eigenvalue weighted by atomic mass is 32.1. The lowest BCUT2D eigenvalue weighted by atomic mass is 9.75. The van der Waals surface area contributed by atoms with Gasteiger partial charge in [0.2, 0.25) is 8.38 Å². The predicted molar refractivity (Wildman–Crippen MR) is 287 cm³/mol. The molecule has 2 heterocycles. The summed E-state index contributed by atoms with van der Waals surface area (Å²) >= 11 is 3.74. The molecule has 0 spiro atoms. The fraction of sp³-hybridized carbons (Fsp3) is 0.357. The summed E-state index contributed by atoms with van der Waals surface area (Å²) in [6.45, 7) is 36.7. The predicted octanol–water partition coefficient (Wildman–Crippen LogP) is 15.9. The highest BCUT2D eigenvalue weighted by Gasteiger charge is 2.34. The minimum atomic E-state index is -2.74. The standard InChI is InChI=1S/C56H62O4P2S2/c1-27-19-32(53(5,6)7)43-37(23-27)63-39-25-29(3)21-34(55(11,12)13)45(39)50-48(43)41-31-17-18-36(61(57)58)52(62(59)60)42(31)47(41)49-44-33(54(8,9)10)20-28(2)24-38(44)64-40-26-30(4)22-35(56(14,15)16)46(40)51(49)50/h17-26,57-60H,1-16H3. The van der Waals surface area contributed by atoms with Crippen LogP contribution in [0.25, 0.3) is 83.4 Å². The molecule has 0 saturated carbocycles. The summed E-state index contributed by atoms with van der Waals surface area (Å²) in [5.41, 5.74) is 8.86. The fourth-order valence-corrected chi connectivity index (χ4v) is 15.0. The van der Waals surface area contributed by atoms with Crippen molar-refractivity contribution in [3.05, 3.63) is 105 Å². The van der Waals surface area contributed by atoms with Gasteiger partial charge in [-0.1, -0.05) is 113 Å². The van der Waals surface area contributed by atoms with Crippen LogP contribution in [0.4, 0.5) is 0 Å². The van der Waals surface area contributed by atoms with Crippen LogP contribution in [-0.2, 0) is 21.7 Å². The van der Waals surface area contributed by atoms with Gasteiger partial charge in [0, 0.05) is 78.0 Å². The summed E-state index contributed by atoms with van der Waals surface area (Å²) in [7, 11) is -5.39. The minimum Gasteiger partial charge on any atom is -0.347 e. The van der Waals surface area contributed by atoms with Crippen LogP contribution in [0.15, 0.2) is 60.7 Å². The van der Waals surface area contributed by atoms with Crippen molar-refractivity contribution in [2.24, 2.45) is 0 Å². The molecule has 0 amide bonds. The highest BCUT2D eigenvalue weighted by molar-refractivity contribution is 7.61. The van der Waals surface area contributed by atoms with E-state index in [1.54, 1.807) is 6.07 Å². The van der Waals surface area contributed by atoms with Gasteiger partial charge in [0.1, 0.15) is 0 Å². The second-order valence-electron chi connectivity index (χ2n) is 22.6. The molecule has 4 N–H and O–H groups in total. The second kappa shape index (κ2) is 15.0. The summed E-state index contributed by atoms with van der Waals surface area (Å²) in [5, 5.41) is 13.6. The van der Waals surface area contributed by atoms with Crippen LogP contribution >= 0.6 is 39.4 Å². The molecule has 0 bridgehead atoms. The van der Waals surface area contributed by atoms with Crippen LogP contribution in [0, 0.1) is 27.7 Å². The van der Waals surface area contributed by atoms with Crippen molar-refractivity contribution < 1.29 is 19.6 Å². The van der Waals surface area contributed by atoms with Crippen LogP contribution in [0.1, 0.15) is 128 Å². The maximum atomic E-state index is 11.5. The van der Waals surface area contributed by atoms with Gasteiger partial charge in [-0.15, -0.1) is 22.7 Å². The van der Waals surface area contributed by atoms with Gasteiger partial charge in [-0.25, -0.2) is 0 Å². The number of fused-ring (bicyclic) bond motifs is 17. The summed E-state index contributed by atoms with van der Waals surface area (Å²) in [5.74, 6) is 0. The van der Waals surface area contributed by atoms with E-state index >= 15 is 0 Å². The van der Waals surface area contributed by atoms with Gasteiger partial charge in [0.25, 0.3) is 0 Å². The van der Waals surface area contributed by atoms with Crippen molar-refractivity contribution in [3.63, 3.8) is 0 Å². The first-order chi connectivity index (χ1) is 29.6. The smallest absolute Gasteiger partial charge is 0.201 e. The number of benzene rings is 6. The molecule has 0 unspecified atom stereocenters. The zero-order chi connectivity index (χ0) is 46.7. The molecule has 9 rings (SSSR count). The van der Waals surface area contributed by atoms with Crippen LogP contribution < -0.4 is 10.6 Å². The fourth-order valence-electron chi connectivity index (χ4n) is 10.6. The van der Waals surface area contributed by atoms with Crippen molar-refractivity contribution in [1.29, 1.82) is 0 Å². The zero-order valence-corrected chi connectivity index (χ0v) is 43.7. The molecule has 0 saturated heterocycles. The normalized spacial score (nSPS) is 13.6. The zero-order valence-electron chi connectivity index (χ0n) is 40.3. The van der Waals surface area contributed by atoms with Crippen molar-refractivity contribution >= 4 is 133 Å². The molecule has 332 valence electrons. The first-order valence-electron chi connectivity index (χ1n) is 22.3. The highest BCUT2D eigenvalue weighted by Crippen LogP contribution is 2.57. The first kappa shape index (κ1) is 45.6. The van der Waals surface area contributed by atoms with E-state index < -0.39 is 16.8 Å². The van der Waals surface area contributed by atoms with Crippen molar-refractivity contribution in [1.82, 2.24) is 0 Å². The molecule has 2 aromatic heterocycles. The Morgan fingerprint density at radius 2 is 0.625 bits per heavy atom. The van der Waals surface area contributed by atoms with Crippen LogP contribution in [0.5, 0.6) is 0 Å². The third-order valence-electron chi connectivity index (χ3n) is 13.2. The second-order valence-corrected chi connectivity index (χ2v) is 26.9. The molecule has 4 nitrogen and oxygen atoms in total. The number of rotatable bonds is 2. The van der Waals surface area contributed by atoms with Gasteiger partial charge >= 0.3 is 0 Å². The Morgan fingerprint density at radius 3 is 0.891 bits per heavy atom. The van der Waals surface area contributed by atoms with E-state index in [1.165, 1.54) is 90.2 Å². The molecule has 7 aromatic carbocycles. The molecule has 0 atom stereocenters. The molecular formula is C56H62O4P2S2. The lowest BCUT2D eigenvalue weighted by Crippen LogP contribution is -2.23. The molecule has 8 heteroatoms. The lowest BCUT2D eigenvalue weighted by molar-refractivity contribution is 0.492. The monoisotopic (exact) mass is 924 g/mol. The van der Waals surface area contributed by atoms with E-state index in [1.807, 2.05) is 28.7 Å². The Hall–Kier alpha value is -3.54. The van der Waals surface area contributed by atoms with Gasteiger partial charge < -0.3 is 19.6 Å². The number of hydrogen-bond donors (Lipinski definition) is 4. The molecule has 0 fully saturated rings. The van der Waals surface area contributed by atoms with E-state index in [0.29, 0.717) is 5.39 Å². The third-order valence-corrected chi connectivity index (χ3v) is 17.3. The van der Waals surface area contributed by atoms with E-state index in [4.69, 9.17) is 0 Å².